The molecule has 0 saturated carbocycles. The molecule has 6 heteroatoms. The smallest absolute Gasteiger partial charge is 0.410 e. The van der Waals surface area contributed by atoms with Crippen molar-refractivity contribution in [3.63, 3.8) is 0 Å². The number of nitrogens with zero attached hydrogens (tertiary/aromatic N) is 1. The van der Waals surface area contributed by atoms with Crippen molar-refractivity contribution >= 4 is 12.4 Å². The van der Waals surface area contributed by atoms with Gasteiger partial charge < -0.3 is 14.4 Å². The van der Waals surface area contributed by atoms with Gasteiger partial charge in [-0.3, -0.25) is 4.79 Å². The summed E-state index contributed by atoms with van der Waals surface area (Å²) in [4.78, 5) is 24.1. The van der Waals surface area contributed by atoms with Crippen LogP contribution in [-0.4, -0.2) is 42.1 Å². The van der Waals surface area contributed by atoms with E-state index in [1.54, 1.807) is 20.8 Å². The van der Waals surface area contributed by atoms with E-state index in [1.807, 2.05) is 0 Å². The van der Waals surface area contributed by atoms with Gasteiger partial charge >= 0.3 is 6.09 Å². The highest BCUT2D eigenvalue weighted by atomic mass is 19.1. The van der Waals surface area contributed by atoms with E-state index in [9.17, 15) is 14.0 Å². The van der Waals surface area contributed by atoms with E-state index < -0.39 is 17.5 Å². The van der Waals surface area contributed by atoms with Gasteiger partial charge in [0.25, 0.3) is 0 Å². The van der Waals surface area contributed by atoms with Crippen LogP contribution in [0.4, 0.5) is 9.18 Å². The van der Waals surface area contributed by atoms with Crippen LogP contribution in [0.1, 0.15) is 31.1 Å². The lowest BCUT2D eigenvalue weighted by Gasteiger charge is -2.39. The summed E-state index contributed by atoms with van der Waals surface area (Å²) in [6.45, 7) is 6.08. The highest BCUT2D eigenvalue weighted by molar-refractivity contribution is 5.79. The summed E-state index contributed by atoms with van der Waals surface area (Å²) in [6, 6.07) is 3.73. The number of ether oxygens (including phenoxy) is 2. The molecule has 1 heterocycles. The maximum atomic E-state index is 13.2. The number of halogens is 1. The Kier molecular flexibility index (Phi) is 4.16. The van der Waals surface area contributed by atoms with Crippen molar-refractivity contribution in [3.8, 4) is 5.75 Å². The van der Waals surface area contributed by atoms with Crippen LogP contribution in [0.25, 0.3) is 0 Å². The minimum atomic E-state index is -0.545. The number of hydrogen-bond donors (Lipinski definition) is 0. The van der Waals surface area contributed by atoms with Gasteiger partial charge in [0.15, 0.2) is 6.29 Å². The highest BCUT2D eigenvalue weighted by Crippen LogP contribution is 2.23. The van der Waals surface area contributed by atoms with E-state index in [2.05, 4.69) is 0 Å². The molecule has 1 fully saturated rings. The molecule has 0 N–H and O–H groups in total. The van der Waals surface area contributed by atoms with Crippen molar-refractivity contribution < 1.29 is 23.5 Å². The van der Waals surface area contributed by atoms with Crippen molar-refractivity contribution in [1.29, 1.82) is 0 Å². The average Bonchev–Trinajstić information content (AvgIpc) is 2.31. The molecular formula is C15H18FNO4. The standard InChI is InChI=1S/C15H18FNO4/c1-15(2,3)21-14(19)17-7-12(8-17)20-13-6-11(16)5-4-10(13)9-18/h4-6,9,12H,7-8H2,1-3H3. The normalized spacial score (nSPS) is 15.3. The Bertz CT molecular complexity index is 547. The Morgan fingerprint density at radius 1 is 1.38 bits per heavy atom. The highest BCUT2D eigenvalue weighted by Gasteiger charge is 2.35. The van der Waals surface area contributed by atoms with Gasteiger partial charge in [-0.25, -0.2) is 9.18 Å². The van der Waals surface area contributed by atoms with E-state index in [4.69, 9.17) is 9.47 Å². The number of hydrogen-bond acceptors (Lipinski definition) is 4. The number of carbonyl (C=O) groups excluding carboxylic acids is 2. The molecule has 0 spiro atoms. The second-order valence-electron chi connectivity index (χ2n) is 5.93. The minimum absolute atomic E-state index is 0.193. The fourth-order valence-corrected chi connectivity index (χ4v) is 1.88. The fourth-order valence-electron chi connectivity index (χ4n) is 1.88. The zero-order valence-electron chi connectivity index (χ0n) is 12.3. The summed E-state index contributed by atoms with van der Waals surface area (Å²) in [6.07, 6.45) is -0.0609. The van der Waals surface area contributed by atoms with E-state index in [0.717, 1.165) is 0 Å². The van der Waals surface area contributed by atoms with Crippen LogP contribution < -0.4 is 4.74 Å². The SMILES string of the molecule is CC(C)(C)OC(=O)N1CC(Oc2cc(F)ccc2C=O)C1. The molecule has 1 amide bonds. The van der Waals surface area contributed by atoms with E-state index >= 15 is 0 Å². The second kappa shape index (κ2) is 5.71. The second-order valence-corrected chi connectivity index (χ2v) is 5.93. The Balaban J connectivity index is 1.90. The van der Waals surface area contributed by atoms with Gasteiger partial charge in [0, 0.05) is 6.07 Å². The summed E-state index contributed by atoms with van der Waals surface area (Å²) >= 11 is 0. The largest absolute Gasteiger partial charge is 0.486 e. The molecule has 0 atom stereocenters. The predicted octanol–water partition coefficient (Wildman–Crippen LogP) is 2.64. The molecule has 1 aromatic rings. The maximum absolute atomic E-state index is 13.2. The first-order valence-corrected chi connectivity index (χ1v) is 6.68. The van der Waals surface area contributed by atoms with Gasteiger partial charge in [-0.2, -0.15) is 0 Å². The molecule has 1 aliphatic rings. The quantitative estimate of drug-likeness (QED) is 0.804. The number of carbonyl (C=O) groups is 2. The summed E-state index contributed by atoms with van der Waals surface area (Å²) in [5.74, 6) is -0.280. The van der Waals surface area contributed by atoms with Crippen LogP contribution in [0.5, 0.6) is 5.75 Å². The first-order valence-electron chi connectivity index (χ1n) is 6.68. The molecule has 0 unspecified atom stereocenters. The molecule has 2 rings (SSSR count). The van der Waals surface area contributed by atoms with Crippen molar-refractivity contribution in [3.05, 3.63) is 29.6 Å². The molecule has 1 aromatic carbocycles. The molecule has 0 bridgehead atoms. The third-order valence-electron chi connectivity index (χ3n) is 2.90. The summed E-state index contributed by atoms with van der Waals surface area (Å²) in [5.41, 5.74) is -0.261. The molecule has 1 saturated heterocycles. The fraction of sp³-hybridized carbons (Fsp3) is 0.467. The maximum Gasteiger partial charge on any atom is 0.410 e. The number of amides is 1. The average molecular weight is 295 g/mol. The molecule has 21 heavy (non-hydrogen) atoms. The van der Waals surface area contributed by atoms with Crippen molar-refractivity contribution in [1.82, 2.24) is 4.90 Å². The van der Waals surface area contributed by atoms with Crippen molar-refractivity contribution in [2.24, 2.45) is 0 Å². The minimum Gasteiger partial charge on any atom is -0.486 e. The van der Waals surface area contributed by atoms with Crippen molar-refractivity contribution in [2.75, 3.05) is 13.1 Å². The van der Waals surface area contributed by atoms with Gasteiger partial charge in [0.05, 0.1) is 18.7 Å². The summed E-state index contributed by atoms with van der Waals surface area (Å²) in [5, 5.41) is 0. The first kappa shape index (κ1) is 15.3. The van der Waals surface area contributed by atoms with E-state index in [-0.39, 0.29) is 17.4 Å². The lowest BCUT2D eigenvalue weighted by atomic mass is 10.1. The van der Waals surface area contributed by atoms with Crippen molar-refractivity contribution in [2.45, 2.75) is 32.5 Å². The Morgan fingerprint density at radius 3 is 2.62 bits per heavy atom. The van der Waals surface area contributed by atoms with Crippen LogP contribution in [0.2, 0.25) is 0 Å². The zero-order valence-corrected chi connectivity index (χ0v) is 12.3. The Hall–Kier alpha value is -2.11. The predicted molar refractivity (Wildman–Crippen MR) is 74.0 cm³/mol. The Labute approximate surface area is 122 Å². The number of rotatable bonds is 3. The van der Waals surface area contributed by atoms with Crippen LogP contribution in [0, 0.1) is 5.82 Å². The number of aldehydes is 1. The van der Waals surface area contributed by atoms with Crippen LogP contribution in [0.3, 0.4) is 0 Å². The Morgan fingerprint density at radius 2 is 2.05 bits per heavy atom. The lowest BCUT2D eigenvalue weighted by Crippen LogP contribution is -2.57. The van der Waals surface area contributed by atoms with Crippen LogP contribution in [-0.2, 0) is 4.74 Å². The van der Waals surface area contributed by atoms with Gasteiger partial charge in [-0.15, -0.1) is 0 Å². The third kappa shape index (κ3) is 3.93. The third-order valence-corrected chi connectivity index (χ3v) is 2.90. The molecule has 0 aromatic heterocycles. The van der Waals surface area contributed by atoms with Gasteiger partial charge in [0.1, 0.15) is 23.3 Å². The molecule has 114 valence electrons. The topological polar surface area (TPSA) is 55.8 Å². The van der Waals surface area contributed by atoms with Gasteiger partial charge in [-0.05, 0) is 32.9 Å². The molecular weight excluding hydrogens is 277 g/mol. The zero-order chi connectivity index (χ0) is 15.6. The van der Waals surface area contributed by atoms with Crippen LogP contribution in [0.15, 0.2) is 18.2 Å². The number of likely N-dealkylation sites (tertiary alicyclic amines) is 1. The van der Waals surface area contributed by atoms with Gasteiger partial charge in [0.2, 0.25) is 0 Å². The van der Waals surface area contributed by atoms with E-state index in [1.165, 1.54) is 23.1 Å². The summed E-state index contributed by atoms with van der Waals surface area (Å²) < 4.78 is 23.9. The molecule has 0 aliphatic carbocycles. The molecule has 0 radical (unpaired) electrons. The van der Waals surface area contributed by atoms with Crippen LogP contribution >= 0.6 is 0 Å². The van der Waals surface area contributed by atoms with E-state index in [0.29, 0.717) is 19.4 Å². The number of benzene rings is 1. The first-order chi connectivity index (χ1) is 9.78. The molecule has 1 aliphatic heterocycles. The monoisotopic (exact) mass is 295 g/mol. The molecule has 5 nitrogen and oxygen atoms in total. The van der Waals surface area contributed by atoms with Gasteiger partial charge in [-0.1, -0.05) is 0 Å². The lowest BCUT2D eigenvalue weighted by molar-refractivity contribution is -0.0223. The summed E-state index contributed by atoms with van der Waals surface area (Å²) in [7, 11) is 0.